The number of amides is 1. The largest absolute Gasteiger partial charge is 0.458 e. The highest BCUT2D eigenvalue weighted by Gasteiger charge is 2.14. The van der Waals surface area contributed by atoms with E-state index in [1.807, 2.05) is 18.4 Å². The van der Waals surface area contributed by atoms with Gasteiger partial charge in [-0.2, -0.15) is 5.10 Å². The quantitative estimate of drug-likeness (QED) is 0.805. The van der Waals surface area contributed by atoms with Crippen molar-refractivity contribution >= 4 is 34.1 Å². The van der Waals surface area contributed by atoms with Crippen LogP contribution < -0.4 is 5.32 Å². The lowest BCUT2D eigenvalue weighted by molar-refractivity contribution is 0.0925. The summed E-state index contributed by atoms with van der Waals surface area (Å²) in [5.74, 6) is 0.837. The number of carbonyl (C=O) groups excluding carboxylic acids is 1. The molecule has 0 radical (unpaired) electrons. The Morgan fingerprint density at radius 3 is 3.00 bits per heavy atom. The SMILES string of the molecule is CC(C)n1c(CCNC(=O)c2occc2Br)n[nH]c1=S. The lowest BCUT2D eigenvalue weighted by atomic mass is 10.3. The van der Waals surface area contributed by atoms with Gasteiger partial charge >= 0.3 is 0 Å². The van der Waals surface area contributed by atoms with E-state index in [9.17, 15) is 4.79 Å². The molecule has 20 heavy (non-hydrogen) atoms. The zero-order chi connectivity index (χ0) is 14.7. The number of H-pyrrole nitrogens is 1. The summed E-state index contributed by atoms with van der Waals surface area (Å²) in [6.07, 6.45) is 2.05. The lowest BCUT2D eigenvalue weighted by Gasteiger charge is -2.10. The standard InChI is InChI=1S/C12H15BrN4O2S/c1-7(2)17-9(15-16-12(17)20)3-5-14-11(18)10-8(13)4-6-19-10/h4,6-7H,3,5H2,1-2H3,(H,14,18)(H,16,20). The Morgan fingerprint density at radius 2 is 2.40 bits per heavy atom. The second kappa shape index (κ2) is 6.36. The van der Waals surface area contributed by atoms with Gasteiger partial charge in [-0.3, -0.25) is 9.89 Å². The van der Waals surface area contributed by atoms with Crippen molar-refractivity contribution in [3.8, 4) is 0 Å². The summed E-state index contributed by atoms with van der Waals surface area (Å²) in [6.45, 7) is 4.53. The molecule has 0 spiro atoms. The van der Waals surface area contributed by atoms with E-state index < -0.39 is 0 Å². The Hall–Kier alpha value is -1.41. The molecule has 0 aliphatic rings. The van der Waals surface area contributed by atoms with Crippen LogP contribution >= 0.6 is 28.1 Å². The molecular weight excluding hydrogens is 344 g/mol. The van der Waals surface area contributed by atoms with Gasteiger partial charge in [0.1, 0.15) is 5.82 Å². The molecule has 2 aromatic rings. The molecule has 1 amide bonds. The molecule has 108 valence electrons. The first kappa shape index (κ1) is 15.0. The summed E-state index contributed by atoms with van der Waals surface area (Å²) in [6, 6.07) is 1.91. The van der Waals surface area contributed by atoms with Gasteiger partial charge in [-0.05, 0) is 48.1 Å². The molecule has 0 atom stereocenters. The number of rotatable bonds is 5. The second-order valence-corrected chi connectivity index (χ2v) is 5.75. The minimum absolute atomic E-state index is 0.228. The predicted octanol–water partition coefficient (Wildman–Crippen LogP) is 2.85. The highest BCUT2D eigenvalue weighted by atomic mass is 79.9. The summed E-state index contributed by atoms with van der Waals surface area (Å²) in [5.41, 5.74) is 0. The van der Waals surface area contributed by atoms with Crippen molar-refractivity contribution in [1.29, 1.82) is 0 Å². The van der Waals surface area contributed by atoms with Crippen LogP contribution in [0.4, 0.5) is 0 Å². The van der Waals surface area contributed by atoms with Gasteiger partial charge in [0.15, 0.2) is 4.77 Å². The number of nitrogens with zero attached hydrogens (tertiary/aromatic N) is 2. The summed E-state index contributed by atoms with van der Waals surface area (Å²) < 4.78 is 8.26. The molecule has 0 aliphatic carbocycles. The number of halogens is 1. The Bertz CT molecular complexity index is 658. The van der Waals surface area contributed by atoms with Gasteiger partial charge < -0.3 is 14.3 Å². The molecule has 2 rings (SSSR count). The maximum Gasteiger partial charge on any atom is 0.288 e. The highest BCUT2D eigenvalue weighted by molar-refractivity contribution is 9.10. The van der Waals surface area contributed by atoms with Crippen molar-refractivity contribution in [2.75, 3.05) is 6.54 Å². The molecule has 0 aromatic carbocycles. The summed E-state index contributed by atoms with van der Waals surface area (Å²) in [4.78, 5) is 11.9. The van der Waals surface area contributed by atoms with Gasteiger partial charge in [0.25, 0.3) is 5.91 Å². The fourth-order valence-corrected chi connectivity index (χ4v) is 2.61. The van der Waals surface area contributed by atoms with Crippen LogP contribution in [0.1, 0.15) is 36.3 Å². The Balaban J connectivity index is 1.96. The predicted molar refractivity (Wildman–Crippen MR) is 80.2 cm³/mol. The molecule has 0 saturated carbocycles. The first-order valence-corrected chi connectivity index (χ1v) is 7.37. The minimum Gasteiger partial charge on any atom is -0.458 e. The number of aromatic nitrogens is 3. The van der Waals surface area contributed by atoms with Crippen LogP contribution in [0.15, 0.2) is 21.2 Å². The van der Waals surface area contributed by atoms with Gasteiger partial charge in [0.2, 0.25) is 5.76 Å². The van der Waals surface area contributed by atoms with E-state index in [1.54, 1.807) is 6.07 Å². The van der Waals surface area contributed by atoms with Gasteiger partial charge in [0, 0.05) is 19.0 Å². The summed E-state index contributed by atoms with van der Waals surface area (Å²) in [7, 11) is 0. The lowest BCUT2D eigenvalue weighted by Crippen LogP contribution is -2.26. The molecule has 0 saturated heterocycles. The van der Waals surface area contributed by atoms with Gasteiger partial charge in [-0.1, -0.05) is 0 Å². The van der Waals surface area contributed by atoms with Crippen molar-refractivity contribution in [2.45, 2.75) is 26.3 Å². The van der Waals surface area contributed by atoms with Crippen LogP contribution in [0, 0.1) is 4.77 Å². The van der Waals surface area contributed by atoms with Crippen LogP contribution in [0.2, 0.25) is 0 Å². The first-order chi connectivity index (χ1) is 9.50. The Morgan fingerprint density at radius 1 is 1.65 bits per heavy atom. The van der Waals surface area contributed by atoms with Gasteiger partial charge in [-0.25, -0.2) is 0 Å². The van der Waals surface area contributed by atoms with Gasteiger partial charge in [0.05, 0.1) is 10.7 Å². The molecular formula is C12H15BrN4O2S. The first-order valence-electron chi connectivity index (χ1n) is 6.17. The van der Waals surface area contributed by atoms with E-state index in [-0.39, 0.29) is 17.7 Å². The fraction of sp³-hybridized carbons (Fsp3) is 0.417. The molecule has 2 aromatic heterocycles. The maximum absolute atomic E-state index is 11.9. The second-order valence-electron chi connectivity index (χ2n) is 4.51. The average Bonchev–Trinajstić information content (AvgIpc) is 2.95. The van der Waals surface area contributed by atoms with Crippen LogP contribution in [-0.4, -0.2) is 27.2 Å². The van der Waals surface area contributed by atoms with Crippen molar-refractivity contribution in [1.82, 2.24) is 20.1 Å². The van der Waals surface area contributed by atoms with Crippen LogP contribution in [0.3, 0.4) is 0 Å². The number of hydrogen-bond acceptors (Lipinski definition) is 4. The molecule has 0 aliphatic heterocycles. The number of hydrogen-bond donors (Lipinski definition) is 2. The fourth-order valence-electron chi connectivity index (χ4n) is 1.87. The highest BCUT2D eigenvalue weighted by Crippen LogP contribution is 2.17. The molecule has 6 nitrogen and oxygen atoms in total. The van der Waals surface area contributed by atoms with Crippen molar-refractivity contribution in [3.63, 3.8) is 0 Å². The van der Waals surface area contributed by atoms with E-state index in [0.717, 1.165) is 5.82 Å². The normalized spacial score (nSPS) is 11.0. The molecule has 2 heterocycles. The van der Waals surface area contributed by atoms with E-state index in [2.05, 4.69) is 31.4 Å². The smallest absolute Gasteiger partial charge is 0.288 e. The molecule has 2 N–H and O–H groups in total. The summed E-state index contributed by atoms with van der Waals surface area (Å²) >= 11 is 8.42. The van der Waals surface area contributed by atoms with Crippen LogP contribution in [0.25, 0.3) is 0 Å². The maximum atomic E-state index is 11.9. The number of furan rings is 1. The molecule has 0 bridgehead atoms. The number of aromatic amines is 1. The van der Waals surface area contributed by atoms with E-state index in [4.69, 9.17) is 16.6 Å². The minimum atomic E-state index is -0.257. The van der Waals surface area contributed by atoms with Crippen LogP contribution in [-0.2, 0) is 6.42 Å². The summed E-state index contributed by atoms with van der Waals surface area (Å²) in [5, 5.41) is 9.73. The number of carbonyl (C=O) groups is 1. The van der Waals surface area contributed by atoms with E-state index in [0.29, 0.717) is 22.2 Å². The molecule has 0 fully saturated rings. The zero-order valence-electron chi connectivity index (χ0n) is 11.1. The third kappa shape index (κ3) is 3.18. The third-order valence-electron chi connectivity index (χ3n) is 2.75. The van der Waals surface area contributed by atoms with Crippen molar-refractivity contribution in [3.05, 3.63) is 33.2 Å². The van der Waals surface area contributed by atoms with Crippen molar-refractivity contribution < 1.29 is 9.21 Å². The van der Waals surface area contributed by atoms with Crippen LogP contribution in [0.5, 0.6) is 0 Å². The van der Waals surface area contributed by atoms with Gasteiger partial charge in [-0.15, -0.1) is 0 Å². The Labute approximate surface area is 129 Å². The van der Waals surface area contributed by atoms with E-state index >= 15 is 0 Å². The zero-order valence-corrected chi connectivity index (χ0v) is 13.5. The third-order valence-corrected chi connectivity index (χ3v) is 3.66. The average molecular weight is 359 g/mol. The monoisotopic (exact) mass is 358 g/mol. The molecule has 8 heteroatoms. The van der Waals surface area contributed by atoms with Crippen molar-refractivity contribution in [2.24, 2.45) is 0 Å². The topological polar surface area (TPSA) is 75.8 Å². The van der Waals surface area contributed by atoms with E-state index in [1.165, 1.54) is 6.26 Å². The molecule has 0 unspecified atom stereocenters. The number of nitrogens with one attached hydrogen (secondary N) is 2. The Kier molecular flexibility index (Phi) is 4.77.